The highest BCUT2D eigenvalue weighted by Gasteiger charge is 2.07. The van der Waals surface area contributed by atoms with E-state index in [0.717, 1.165) is 11.4 Å². The average Bonchev–Trinajstić information content (AvgIpc) is 2.66. The van der Waals surface area contributed by atoms with Crippen LogP contribution in [0, 0.1) is 6.92 Å². The molecular formula is C12H12Cl2N4S. The second-order valence-electron chi connectivity index (χ2n) is 3.97. The maximum absolute atomic E-state index is 6.05. The molecule has 0 aliphatic heterocycles. The van der Waals surface area contributed by atoms with Gasteiger partial charge in [0.1, 0.15) is 0 Å². The van der Waals surface area contributed by atoms with E-state index in [4.69, 9.17) is 35.4 Å². The highest BCUT2D eigenvalue weighted by atomic mass is 35.5. The van der Waals surface area contributed by atoms with Crippen molar-refractivity contribution in [3.05, 3.63) is 40.1 Å². The molecule has 0 saturated heterocycles. The van der Waals surface area contributed by atoms with E-state index >= 15 is 0 Å². The number of aryl methyl sites for hydroxylation is 1. The Hall–Kier alpha value is -1.30. The number of hydrogen-bond donors (Lipinski definition) is 2. The van der Waals surface area contributed by atoms with Gasteiger partial charge in [0.05, 0.1) is 28.3 Å². The Morgan fingerprint density at radius 3 is 2.58 bits per heavy atom. The Labute approximate surface area is 126 Å². The molecule has 2 aromatic rings. The van der Waals surface area contributed by atoms with Crippen LogP contribution in [0.3, 0.4) is 0 Å². The van der Waals surface area contributed by atoms with E-state index in [9.17, 15) is 0 Å². The van der Waals surface area contributed by atoms with Crippen LogP contribution in [0.4, 0.5) is 11.4 Å². The largest absolute Gasteiger partial charge is 0.331 e. The Morgan fingerprint density at radius 2 is 1.95 bits per heavy atom. The molecule has 19 heavy (non-hydrogen) atoms. The van der Waals surface area contributed by atoms with Gasteiger partial charge in [-0.05, 0) is 37.3 Å². The van der Waals surface area contributed by atoms with Crippen LogP contribution in [0.1, 0.15) is 5.69 Å². The zero-order valence-corrected chi connectivity index (χ0v) is 12.7. The lowest BCUT2D eigenvalue weighted by Crippen LogP contribution is -2.19. The van der Waals surface area contributed by atoms with Crippen molar-refractivity contribution in [1.82, 2.24) is 9.78 Å². The zero-order chi connectivity index (χ0) is 14.0. The summed E-state index contributed by atoms with van der Waals surface area (Å²) in [6.45, 7) is 1.95. The van der Waals surface area contributed by atoms with Gasteiger partial charge in [0.25, 0.3) is 0 Å². The third-order valence-corrected chi connectivity index (χ3v) is 3.43. The lowest BCUT2D eigenvalue weighted by Gasteiger charge is -2.11. The van der Waals surface area contributed by atoms with Crippen LogP contribution in [0.5, 0.6) is 0 Å². The molecule has 0 atom stereocenters. The number of halogens is 2. The smallest absolute Gasteiger partial charge is 0.175 e. The van der Waals surface area contributed by atoms with E-state index in [0.29, 0.717) is 20.8 Å². The fourth-order valence-corrected chi connectivity index (χ4v) is 2.05. The van der Waals surface area contributed by atoms with Gasteiger partial charge < -0.3 is 10.6 Å². The highest BCUT2D eigenvalue weighted by Crippen LogP contribution is 2.25. The zero-order valence-electron chi connectivity index (χ0n) is 10.4. The van der Waals surface area contributed by atoms with Gasteiger partial charge in [0.15, 0.2) is 5.11 Å². The molecule has 100 valence electrons. The molecule has 7 heteroatoms. The molecule has 0 aliphatic rings. The fraction of sp³-hybridized carbons (Fsp3) is 0.167. The number of hydrogen-bond acceptors (Lipinski definition) is 2. The lowest BCUT2D eigenvalue weighted by atomic mass is 10.3. The van der Waals surface area contributed by atoms with Crippen molar-refractivity contribution in [1.29, 1.82) is 0 Å². The molecule has 2 N–H and O–H groups in total. The molecular weight excluding hydrogens is 303 g/mol. The molecule has 2 rings (SSSR count). The first-order valence-corrected chi connectivity index (χ1v) is 6.65. The second kappa shape index (κ2) is 5.77. The molecule has 0 fully saturated rings. The maximum atomic E-state index is 6.05. The standard InChI is InChI=1S/C12H12Cl2N4S/c1-7-11(6-15-18(7)2)17-12(19)16-10-5-8(13)3-4-9(10)14/h3-6H,1-2H3,(H2,16,17,19). The number of rotatable bonds is 2. The number of nitrogens with one attached hydrogen (secondary N) is 2. The summed E-state index contributed by atoms with van der Waals surface area (Å²) in [6.07, 6.45) is 1.71. The first-order valence-electron chi connectivity index (χ1n) is 5.49. The van der Waals surface area contributed by atoms with Crippen LogP contribution in [0.15, 0.2) is 24.4 Å². The molecule has 1 heterocycles. The first kappa shape index (κ1) is 14.1. The van der Waals surface area contributed by atoms with Crippen LogP contribution in [0.2, 0.25) is 10.0 Å². The first-order chi connectivity index (χ1) is 8.97. The minimum atomic E-state index is 0.431. The van der Waals surface area contributed by atoms with Gasteiger partial charge in [0.2, 0.25) is 0 Å². The Kier molecular flexibility index (Phi) is 4.29. The molecule has 0 saturated carbocycles. The Morgan fingerprint density at radius 1 is 1.26 bits per heavy atom. The van der Waals surface area contributed by atoms with E-state index in [2.05, 4.69) is 15.7 Å². The van der Waals surface area contributed by atoms with Gasteiger partial charge in [-0.25, -0.2) is 0 Å². The van der Waals surface area contributed by atoms with Crippen LogP contribution in [-0.2, 0) is 7.05 Å². The van der Waals surface area contributed by atoms with E-state index in [-0.39, 0.29) is 0 Å². The summed E-state index contributed by atoms with van der Waals surface area (Å²) in [5.74, 6) is 0. The minimum Gasteiger partial charge on any atom is -0.331 e. The van der Waals surface area contributed by atoms with Gasteiger partial charge in [-0.15, -0.1) is 0 Å². The SMILES string of the molecule is Cc1c(NC(=S)Nc2cc(Cl)ccc2Cl)cnn1C. The fourth-order valence-electron chi connectivity index (χ4n) is 1.49. The van der Waals surface area contributed by atoms with Crippen LogP contribution < -0.4 is 10.6 Å². The van der Waals surface area contributed by atoms with E-state index in [1.165, 1.54) is 0 Å². The average molecular weight is 315 g/mol. The van der Waals surface area contributed by atoms with Gasteiger partial charge in [-0.3, -0.25) is 4.68 Å². The van der Waals surface area contributed by atoms with Gasteiger partial charge in [-0.1, -0.05) is 23.2 Å². The van der Waals surface area contributed by atoms with Gasteiger partial charge in [-0.2, -0.15) is 5.10 Å². The van der Waals surface area contributed by atoms with E-state index in [1.54, 1.807) is 29.1 Å². The number of benzene rings is 1. The third kappa shape index (κ3) is 3.37. The summed E-state index contributed by atoms with van der Waals surface area (Å²) in [4.78, 5) is 0. The van der Waals surface area contributed by atoms with Crippen molar-refractivity contribution in [3.63, 3.8) is 0 Å². The minimum absolute atomic E-state index is 0.431. The molecule has 0 spiro atoms. The Balaban J connectivity index is 2.09. The summed E-state index contributed by atoms with van der Waals surface area (Å²) in [5.41, 5.74) is 2.49. The molecule has 1 aromatic heterocycles. The van der Waals surface area contributed by atoms with Crippen LogP contribution in [-0.4, -0.2) is 14.9 Å². The van der Waals surface area contributed by atoms with Crippen LogP contribution in [0.25, 0.3) is 0 Å². The summed E-state index contributed by atoms with van der Waals surface area (Å²) < 4.78 is 1.76. The molecule has 4 nitrogen and oxygen atoms in total. The summed E-state index contributed by atoms with van der Waals surface area (Å²) in [6, 6.07) is 5.15. The topological polar surface area (TPSA) is 41.9 Å². The van der Waals surface area contributed by atoms with Gasteiger partial charge in [0, 0.05) is 12.1 Å². The second-order valence-corrected chi connectivity index (χ2v) is 5.22. The van der Waals surface area contributed by atoms with E-state index in [1.807, 2.05) is 14.0 Å². The normalized spacial score (nSPS) is 10.3. The van der Waals surface area contributed by atoms with Gasteiger partial charge >= 0.3 is 0 Å². The van der Waals surface area contributed by atoms with Crippen LogP contribution >= 0.6 is 35.4 Å². The molecule has 1 aromatic carbocycles. The number of nitrogens with zero attached hydrogens (tertiary/aromatic N) is 2. The summed E-state index contributed by atoms with van der Waals surface area (Å²) >= 11 is 17.2. The van der Waals surface area contributed by atoms with Crippen molar-refractivity contribution in [2.45, 2.75) is 6.92 Å². The van der Waals surface area contributed by atoms with Crippen molar-refractivity contribution < 1.29 is 0 Å². The quantitative estimate of drug-likeness (QED) is 0.826. The Bertz CT molecular complexity index is 624. The van der Waals surface area contributed by atoms with Crippen molar-refractivity contribution >= 4 is 51.9 Å². The highest BCUT2D eigenvalue weighted by molar-refractivity contribution is 7.80. The summed E-state index contributed by atoms with van der Waals surface area (Å²) in [7, 11) is 1.87. The monoisotopic (exact) mass is 314 g/mol. The maximum Gasteiger partial charge on any atom is 0.175 e. The number of thiocarbonyl (C=S) groups is 1. The van der Waals surface area contributed by atoms with Crippen molar-refractivity contribution in [2.75, 3.05) is 10.6 Å². The predicted molar refractivity (Wildman–Crippen MR) is 84.3 cm³/mol. The van der Waals surface area contributed by atoms with E-state index < -0.39 is 0 Å². The molecule has 0 radical (unpaired) electrons. The molecule has 0 amide bonds. The number of anilines is 2. The number of aromatic nitrogens is 2. The predicted octanol–water partition coefficient (Wildman–Crippen LogP) is 3.84. The van der Waals surface area contributed by atoms with Crippen molar-refractivity contribution in [3.8, 4) is 0 Å². The summed E-state index contributed by atoms with van der Waals surface area (Å²) in [5, 5.41) is 11.8. The van der Waals surface area contributed by atoms with Crippen molar-refractivity contribution in [2.24, 2.45) is 7.05 Å². The third-order valence-electron chi connectivity index (χ3n) is 2.66. The molecule has 0 aliphatic carbocycles. The lowest BCUT2D eigenvalue weighted by molar-refractivity contribution is 0.740. The molecule has 0 unspecified atom stereocenters. The molecule has 0 bridgehead atoms.